The maximum Gasteiger partial charge on any atom is 0.319 e. The van der Waals surface area contributed by atoms with Crippen LogP contribution in [0.5, 0.6) is 0 Å². The molecule has 3 rings (SSSR count). The number of nitrogens with one attached hydrogen (secondary N) is 3. The van der Waals surface area contributed by atoms with E-state index >= 15 is 0 Å². The Morgan fingerprint density at radius 3 is 2.27 bits per heavy atom. The second kappa shape index (κ2) is 8.76. The first-order valence-electron chi connectivity index (χ1n) is 8.87. The molecule has 1 aliphatic rings. The lowest BCUT2D eigenvalue weighted by molar-refractivity contribution is 0.247. The van der Waals surface area contributed by atoms with E-state index < -0.39 is 0 Å². The van der Waals surface area contributed by atoms with Gasteiger partial charge in [-0.15, -0.1) is 0 Å². The monoisotopic (exact) mass is 359 g/mol. The summed E-state index contributed by atoms with van der Waals surface area (Å²) in [6, 6.07) is 12.3. The standard InChI is InChI=1S/C20H23F2N3O/c21-16-4-1-14(2-5-16)11-15-3-8-19(23-12-15)13-24-20(26)25-18-9-6-17(22)7-10-18/h1-2,4-7,9-10,15,19,23H,3,8,11-13H2,(H2,24,25,26)/t15-,19+/m1/s1. The molecule has 0 unspecified atom stereocenters. The Balaban J connectivity index is 1.36. The number of rotatable bonds is 5. The largest absolute Gasteiger partial charge is 0.336 e. The Kier molecular flexibility index (Phi) is 6.17. The number of amides is 2. The van der Waals surface area contributed by atoms with Gasteiger partial charge in [-0.05, 0) is 73.7 Å². The van der Waals surface area contributed by atoms with Crippen LogP contribution in [0.15, 0.2) is 48.5 Å². The molecule has 2 atom stereocenters. The van der Waals surface area contributed by atoms with Crippen LogP contribution in [-0.2, 0) is 6.42 Å². The summed E-state index contributed by atoms with van der Waals surface area (Å²) in [5, 5.41) is 8.98. The van der Waals surface area contributed by atoms with Gasteiger partial charge in [0.2, 0.25) is 0 Å². The third-order valence-corrected chi connectivity index (χ3v) is 4.67. The maximum atomic E-state index is 13.0. The van der Waals surface area contributed by atoms with E-state index in [1.165, 1.54) is 36.4 Å². The minimum Gasteiger partial charge on any atom is -0.336 e. The van der Waals surface area contributed by atoms with Crippen LogP contribution < -0.4 is 16.0 Å². The highest BCUT2D eigenvalue weighted by atomic mass is 19.1. The molecule has 0 aromatic heterocycles. The van der Waals surface area contributed by atoms with Crippen molar-refractivity contribution in [3.63, 3.8) is 0 Å². The molecule has 0 saturated carbocycles. The molecule has 0 radical (unpaired) electrons. The first-order chi connectivity index (χ1) is 12.6. The van der Waals surface area contributed by atoms with E-state index in [9.17, 15) is 13.6 Å². The van der Waals surface area contributed by atoms with Crippen molar-refractivity contribution in [1.82, 2.24) is 10.6 Å². The summed E-state index contributed by atoms with van der Waals surface area (Å²) in [6.45, 7) is 1.42. The van der Waals surface area contributed by atoms with E-state index in [0.717, 1.165) is 31.4 Å². The molecule has 3 N–H and O–H groups in total. The van der Waals surface area contributed by atoms with E-state index in [1.54, 1.807) is 0 Å². The fraction of sp³-hybridized carbons (Fsp3) is 0.350. The lowest BCUT2D eigenvalue weighted by Gasteiger charge is -2.30. The number of carbonyl (C=O) groups excluding carboxylic acids is 1. The summed E-state index contributed by atoms with van der Waals surface area (Å²) in [7, 11) is 0. The Bertz CT molecular complexity index is 711. The van der Waals surface area contributed by atoms with E-state index in [4.69, 9.17) is 0 Å². The number of benzene rings is 2. The summed E-state index contributed by atoms with van der Waals surface area (Å²) in [5.41, 5.74) is 1.70. The molecule has 6 heteroatoms. The Labute approximate surface area is 152 Å². The van der Waals surface area contributed by atoms with Gasteiger partial charge >= 0.3 is 6.03 Å². The second-order valence-electron chi connectivity index (χ2n) is 6.72. The minimum atomic E-state index is -0.336. The third-order valence-electron chi connectivity index (χ3n) is 4.67. The summed E-state index contributed by atoms with van der Waals surface area (Å²) in [5.74, 6) is -0.0251. The lowest BCUT2D eigenvalue weighted by Crippen LogP contribution is -2.47. The van der Waals surface area contributed by atoms with Gasteiger partial charge in [0.25, 0.3) is 0 Å². The van der Waals surface area contributed by atoms with E-state index in [1.807, 2.05) is 12.1 Å². The minimum absolute atomic E-state index is 0.208. The molecule has 1 saturated heterocycles. The van der Waals surface area contributed by atoms with Crippen molar-refractivity contribution >= 4 is 11.7 Å². The van der Waals surface area contributed by atoms with Crippen molar-refractivity contribution in [3.05, 3.63) is 65.7 Å². The third kappa shape index (κ3) is 5.52. The number of hydrogen-bond donors (Lipinski definition) is 3. The van der Waals surface area contributed by atoms with E-state index in [0.29, 0.717) is 18.2 Å². The van der Waals surface area contributed by atoms with Crippen molar-refractivity contribution in [3.8, 4) is 0 Å². The molecule has 1 fully saturated rings. The highest BCUT2D eigenvalue weighted by Crippen LogP contribution is 2.19. The average molecular weight is 359 g/mol. The van der Waals surface area contributed by atoms with Crippen LogP contribution in [0, 0.1) is 17.6 Å². The second-order valence-corrected chi connectivity index (χ2v) is 6.72. The fourth-order valence-electron chi connectivity index (χ4n) is 3.20. The van der Waals surface area contributed by atoms with Gasteiger partial charge in [-0.25, -0.2) is 13.6 Å². The van der Waals surface area contributed by atoms with Gasteiger partial charge in [0, 0.05) is 18.3 Å². The molecule has 26 heavy (non-hydrogen) atoms. The number of halogens is 2. The highest BCUT2D eigenvalue weighted by Gasteiger charge is 2.21. The summed E-state index contributed by atoms with van der Waals surface area (Å²) < 4.78 is 25.8. The van der Waals surface area contributed by atoms with Gasteiger partial charge < -0.3 is 16.0 Å². The SMILES string of the molecule is O=C(NC[C@@H]1CC[C@H](Cc2ccc(F)cc2)CN1)Nc1ccc(F)cc1. The van der Waals surface area contributed by atoms with E-state index in [-0.39, 0.29) is 23.7 Å². The Morgan fingerprint density at radius 1 is 1.00 bits per heavy atom. The van der Waals surface area contributed by atoms with Gasteiger partial charge in [-0.1, -0.05) is 12.1 Å². The molecule has 1 aliphatic heterocycles. The zero-order valence-corrected chi connectivity index (χ0v) is 14.5. The maximum absolute atomic E-state index is 13.0. The Morgan fingerprint density at radius 2 is 1.65 bits per heavy atom. The van der Waals surface area contributed by atoms with Crippen LogP contribution in [0.25, 0.3) is 0 Å². The summed E-state index contributed by atoms with van der Waals surface area (Å²) in [4.78, 5) is 11.9. The lowest BCUT2D eigenvalue weighted by atomic mass is 9.89. The van der Waals surface area contributed by atoms with Crippen LogP contribution >= 0.6 is 0 Å². The average Bonchev–Trinajstić information content (AvgIpc) is 2.65. The molecule has 0 spiro atoms. The highest BCUT2D eigenvalue weighted by molar-refractivity contribution is 5.89. The van der Waals surface area contributed by atoms with Crippen LogP contribution in [0.2, 0.25) is 0 Å². The van der Waals surface area contributed by atoms with Crippen molar-refractivity contribution in [2.24, 2.45) is 5.92 Å². The van der Waals surface area contributed by atoms with Gasteiger partial charge in [0.15, 0.2) is 0 Å². The predicted molar refractivity (Wildman–Crippen MR) is 98.0 cm³/mol. The van der Waals surface area contributed by atoms with Crippen molar-refractivity contribution in [1.29, 1.82) is 0 Å². The van der Waals surface area contributed by atoms with Gasteiger partial charge in [-0.3, -0.25) is 0 Å². The number of urea groups is 1. The molecule has 138 valence electrons. The number of carbonyl (C=O) groups is 1. The fourth-order valence-corrected chi connectivity index (χ4v) is 3.20. The van der Waals surface area contributed by atoms with Crippen molar-refractivity contribution in [2.75, 3.05) is 18.4 Å². The summed E-state index contributed by atoms with van der Waals surface area (Å²) >= 11 is 0. The molecular weight excluding hydrogens is 336 g/mol. The van der Waals surface area contributed by atoms with Crippen molar-refractivity contribution in [2.45, 2.75) is 25.3 Å². The van der Waals surface area contributed by atoms with Crippen LogP contribution in [0.4, 0.5) is 19.3 Å². The zero-order valence-electron chi connectivity index (χ0n) is 14.5. The topological polar surface area (TPSA) is 53.2 Å². The molecule has 2 aromatic rings. The first kappa shape index (κ1) is 18.3. The first-order valence-corrected chi connectivity index (χ1v) is 8.87. The van der Waals surface area contributed by atoms with Crippen LogP contribution in [0.1, 0.15) is 18.4 Å². The normalized spacial score (nSPS) is 19.8. The summed E-state index contributed by atoms with van der Waals surface area (Å²) in [6.07, 6.45) is 2.97. The predicted octanol–water partition coefficient (Wildman–Crippen LogP) is 3.70. The van der Waals surface area contributed by atoms with Crippen LogP contribution in [0.3, 0.4) is 0 Å². The number of hydrogen-bond acceptors (Lipinski definition) is 2. The van der Waals surface area contributed by atoms with Gasteiger partial charge in [0.05, 0.1) is 0 Å². The van der Waals surface area contributed by atoms with Crippen molar-refractivity contribution < 1.29 is 13.6 Å². The molecule has 4 nitrogen and oxygen atoms in total. The molecule has 0 bridgehead atoms. The molecule has 2 aromatic carbocycles. The number of anilines is 1. The van der Waals surface area contributed by atoms with Gasteiger partial charge in [-0.2, -0.15) is 0 Å². The molecule has 1 heterocycles. The molecular formula is C20H23F2N3O. The smallest absolute Gasteiger partial charge is 0.319 e. The molecule has 0 aliphatic carbocycles. The van der Waals surface area contributed by atoms with Gasteiger partial charge in [0.1, 0.15) is 11.6 Å². The quantitative estimate of drug-likeness (QED) is 0.762. The Hall–Kier alpha value is -2.47. The molecule has 2 amide bonds. The zero-order chi connectivity index (χ0) is 18.4. The number of piperidine rings is 1. The van der Waals surface area contributed by atoms with Crippen LogP contribution in [-0.4, -0.2) is 25.2 Å². The van der Waals surface area contributed by atoms with E-state index in [2.05, 4.69) is 16.0 Å².